The first-order valence-electron chi connectivity index (χ1n) is 7.28. The number of carbonyl (C=O) groups excluding carboxylic acids is 1. The Morgan fingerprint density at radius 2 is 2.29 bits per heavy atom. The van der Waals surface area contributed by atoms with Gasteiger partial charge in [-0.1, -0.05) is 11.6 Å². The second-order valence-corrected chi connectivity index (χ2v) is 6.12. The van der Waals surface area contributed by atoms with E-state index >= 15 is 0 Å². The molecule has 0 spiro atoms. The van der Waals surface area contributed by atoms with Crippen LogP contribution in [0.3, 0.4) is 0 Å². The molecule has 0 bridgehead atoms. The monoisotopic (exact) mass is 304 g/mol. The van der Waals surface area contributed by atoms with E-state index in [2.05, 4.69) is 15.2 Å². The molecule has 1 aliphatic heterocycles. The quantitative estimate of drug-likeness (QED) is 0.928. The molecule has 1 aromatic heterocycles. The predicted octanol–water partition coefficient (Wildman–Crippen LogP) is 2.10. The molecule has 1 saturated heterocycles. The minimum Gasteiger partial charge on any atom is -0.353 e. The summed E-state index contributed by atoms with van der Waals surface area (Å²) in [6, 6.07) is 3.82. The van der Waals surface area contributed by atoms with Gasteiger partial charge in [-0.3, -0.25) is 4.79 Å². The van der Waals surface area contributed by atoms with Crippen LogP contribution in [-0.4, -0.2) is 30.0 Å². The summed E-state index contributed by atoms with van der Waals surface area (Å²) in [6.07, 6.45) is 5.56. The van der Waals surface area contributed by atoms with E-state index in [9.17, 15) is 4.79 Å². The van der Waals surface area contributed by atoms with Gasteiger partial charge >= 0.3 is 0 Å². The number of aromatic nitrogens is 1. The zero-order chi connectivity index (χ0) is 14.8. The van der Waals surface area contributed by atoms with Gasteiger partial charge in [0.15, 0.2) is 0 Å². The molecule has 0 aromatic carbocycles. The van der Waals surface area contributed by atoms with Crippen molar-refractivity contribution in [3.63, 3.8) is 0 Å². The van der Waals surface area contributed by atoms with Crippen molar-refractivity contribution in [2.75, 3.05) is 18.0 Å². The highest BCUT2D eigenvalue weighted by Crippen LogP contribution is 2.30. The summed E-state index contributed by atoms with van der Waals surface area (Å²) >= 11 is 6.21. The third kappa shape index (κ3) is 3.27. The Morgan fingerprint density at radius 3 is 2.95 bits per heavy atom. The summed E-state index contributed by atoms with van der Waals surface area (Å²) in [6.45, 7) is 1.59. The van der Waals surface area contributed by atoms with Crippen molar-refractivity contribution in [1.29, 1.82) is 5.26 Å². The number of hydrogen-bond donors (Lipinski definition) is 1. The fourth-order valence-corrected chi connectivity index (χ4v) is 2.96. The van der Waals surface area contributed by atoms with Crippen LogP contribution in [0.5, 0.6) is 0 Å². The smallest absolute Gasteiger partial charge is 0.223 e. The van der Waals surface area contributed by atoms with Gasteiger partial charge in [0.25, 0.3) is 0 Å². The van der Waals surface area contributed by atoms with Gasteiger partial charge in [0, 0.05) is 31.2 Å². The summed E-state index contributed by atoms with van der Waals surface area (Å²) in [7, 11) is 0. The second-order valence-electron chi connectivity index (χ2n) is 5.71. The topological polar surface area (TPSA) is 69.0 Å². The predicted molar refractivity (Wildman–Crippen MR) is 80.1 cm³/mol. The van der Waals surface area contributed by atoms with E-state index in [1.807, 2.05) is 6.07 Å². The lowest BCUT2D eigenvalue weighted by Crippen LogP contribution is -2.48. The fraction of sp³-hybridized carbons (Fsp3) is 0.533. The van der Waals surface area contributed by atoms with Gasteiger partial charge in [-0.05, 0) is 31.7 Å². The number of nitrogens with one attached hydrogen (secondary N) is 1. The second kappa shape index (κ2) is 5.90. The third-order valence-electron chi connectivity index (χ3n) is 3.97. The number of amides is 1. The van der Waals surface area contributed by atoms with Gasteiger partial charge in [0.2, 0.25) is 5.91 Å². The Bertz CT molecular complexity index is 594. The first-order valence-corrected chi connectivity index (χ1v) is 7.66. The zero-order valence-electron chi connectivity index (χ0n) is 11.7. The summed E-state index contributed by atoms with van der Waals surface area (Å²) in [5, 5.41) is 12.5. The van der Waals surface area contributed by atoms with E-state index in [-0.39, 0.29) is 17.9 Å². The molecule has 3 rings (SSSR count). The van der Waals surface area contributed by atoms with E-state index in [1.165, 1.54) is 6.20 Å². The zero-order valence-corrected chi connectivity index (χ0v) is 12.4. The molecule has 2 fully saturated rings. The highest BCUT2D eigenvalue weighted by Gasteiger charge is 2.32. The van der Waals surface area contributed by atoms with Crippen molar-refractivity contribution in [3.8, 4) is 6.07 Å². The molecule has 5 nitrogen and oxygen atoms in total. The van der Waals surface area contributed by atoms with Gasteiger partial charge in [0.1, 0.15) is 11.9 Å². The number of carbonyl (C=O) groups is 1. The van der Waals surface area contributed by atoms with Crippen molar-refractivity contribution >= 4 is 23.3 Å². The third-order valence-corrected chi connectivity index (χ3v) is 4.24. The number of pyridine rings is 1. The van der Waals surface area contributed by atoms with Crippen LogP contribution in [0.4, 0.5) is 5.82 Å². The molecule has 1 N–H and O–H groups in total. The van der Waals surface area contributed by atoms with E-state index in [0.717, 1.165) is 38.8 Å². The number of anilines is 1. The van der Waals surface area contributed by atoms with Crippen LogP contribution in [0.1, 0.15) is 31.2 Å². The molecule has 1 saturated carbocycles. The molecule has 1 unspecified atom stereocenters. The minimum atomic E-state index is 0.153. The lowest BCUT2D eigenvalue weighted by Gasteiger charge is -2.34. The average Bonchev–Trinajstić information content (AvgIpc) is 3.32. The minimum absolute atomic E-state index is 0.153. The number of halogens is 1. The maximum atomic E-state index is 11.9. The molecule has 110 valence electrons. The summed E-state index contributed by atoms with van der Waals surface area (Å²) < 4.78 is 0. The van der Waals surface area contributed by atoms with Crippen LogP contribution < -0.4 is 10.2 Å². The Labute approximate surface area is 128 Å². The van der Waals surface area contributed by atoms with Crippen molar-refractivity contribution in [1.82, 2.24) is 10.3 Å². The lowest BCUT2D eigenvalue weighted by molar-refractivity contribution is -0.123. The van der Waals surface area contributed by atoms with Crippen LogP contribution in [0.15, 0.2) is 12.3 Å². The molecule has 0 radical (unpaired) electrons. The largest absolute Gasteiger partial charge is 0.353 e. The molecule has 2 aliphatic rings. The van der Waals surface area contributed by atoms with Crippen molar-refractivity contribution in [2.45, 2.75) is 31.7 Å². The molecule has 1 aliphatic carbocycles. The SMILES string of the molecule is N#Cc1cnc(N2CCCC(NC(=O)C3CC3)C2)c(Cl)c1. The number of rotatable bonds is 3. The molecule has 1 atom stereocenters. The van der Waals surface area contributed by atoms with Gasteiger partial charge in [-0.15, -0.1) is 0 Å². The van der Waals surface area contributed by atoms with Crippen LogP contribution >= 0.6 is 11.6 Å². The Morgan fingerprint density at radius 1 is 1.48 bits per heavy atom. The van der Waals surface area contributed by atoms with Crippen molar-refractivity contribution in [2.24, 2.45) is 5.92 Å². The fourth-order valence-electron chi connectivity index (χ4n) is 2.68. The molecular weight excluding hydrogens is 288 g/mol. The van der Waals surface area contributed by atoms with Gasteiger partial charge in [-0.25, -0.2) is 4.98 Å². The first kappa shape index (κ1) is 14.2. The maximum absolute atomic E-state index is 11.9. The summed E-state index contributed by atoms with van der Waals surface area (Å²) in [5.41, 5.74) is 0.458. The number of piperidine rings is 1. The molecule has 6 heteroatoms. The Kier molecular flexibility index (Phi) is 3.98. The van der Waals surface area contributed by atoms with Gasteiger partial charge in [0.05, 0.1) is 10.6 Å². The number of hydrogen-bond acceptors (Lipinski definition) is 4. The average molecular weight is 305 g/mol. The first-order chi connectivity index (χ1) is 10.2. The van der Waals surface area contributed by atoms with Crippen LogP contribution in [0.2, 0.25) is 5.02 Å². The Hall–Kier alpha value is -1.80. The standard InChI is InChI=1S/C15H17ClN4O/c16-13-6-10(7-17)8-18-14(13)20-5-1-2-12(9-20)19-15(21)11-3-4-11/h6,8,11-12H,1-5,9H2,(H,19,21). The highest BCUT2D eigenvalue weighted by molar-refractivity contribution is 6.33. The Balaban J connectivity index is 1.67. The summed E-state index contributed by atoms with van der Waals surface area (Å²) in [5.74, 6) is 1.11. The number of nitriles is 1. The lowest BCUT2D eigenvalue weighted by atomic mass is 10.1. The molecule has 1 aromatic rings. The normalized spacial score (nSPS) is 21.7. The summed E-state index contributed by atoms with van der Waals surface area (Å²) in [4.78, 5) is 18.2. The van der Waals surface area contributed by atoms with E-state index in [1.54, 1.807) is 6.07 Å². The van der Waals surface area contributed by atoms with Crippen molar-refractivity contribution < 1.29 is 4.79 Å². The van der Waals surface area contributed by atoms with E-state index < -0.39 is 0 Å². The van der Waals surface area contributed by atoms with Gasteiger partial charge in [-0.2, -0.15) is 5.26 Å². The van der Waals surface area contributed by atoms with Crippen LogP contribution in [-0.2, 0) is 4.79 Å². The molecule has 1 amide bonds. The van der Waals surface area contributed by atoms with E-state index in [4.69, 9.17) is 16.9 Å². The molecular formula is C15H17ClN4O. The molecule has 21 heavy (non-hydrogen) atoms. The number of nitrogens with zero attached hydrogens (tertiary/aromatic N) is 3. The van der Waals surface area contributed by atoms with Crippen LogP contribution in [0, 0.1) is 17.2 Å². The maximum Gasteiger partial charge on any atom is 0.223 e. The van der Waals surface area contributed by atoms with E-state index in [0.29, 0.717) is 16.4 Å². The van der Waals surface area contributed by atoms with Crippen LogP contribution in [0.25, 0.3) is 0 Å². The van der Waals surface area contributed by atoms with Gasteiger partial charge < -0.3 is 10.2 Å². The highest BCUT2D eigenvalue weighted by atomic mass is 35.5. The van der Waals surface area contributed by atoms with Crippen molar-refractivity contribution in [3.05, 3.63) is 22.8 Å². The molecule has 2 heterocycles.